The van der Waals surface area contributed by atoms with Crippen molar-refractivity contribution >= 4 is 23.2 Å². The summed E-state index contributed by atoms with van der Waals surface area (Å²) in [5, 5.41) is 2.91. The van der Waals surface area contributed by atoms with Crippen LogP contribution in [0.5, 0.6) is 0 Å². The molecule has 2 amide bonds. The normalized spacial score (nSPS) is 16.0. The van der Waals surface area contributed by atoms with Crippen LogP contribution < -0.4 is 16.0 Å². The molecule has 1 fully saturated rings. The molecule has 1 aliphatic heterocycles. The van der Waals surface area contributed by atoms with Gasteiger partial charge in [0.15, 0.2) is 0 Å². The molecule has 3 rings (SSSR count). The SMILES string of the molecule is Cc1ccccc1N1CCN([C@H](C)C(=O)Nc2ccc(C(N)=O)cc2)CC1. The van der Waals surface area contributed by atoms with E-state index in [1.807, 2.05) is 6.92 Å². The van der Waals surface area contributed by atoms with Crippen molar-refractivity contribution in [1.29, 1.82) is 0 Å². The summed E-state index contributed by atoms with van der Waals surface area (Å²) >= 11 is 0. The Bertz CT molecular complexity index is 811. The van der Waals surface area contributed by atoms with Crippen LogP contribution in [0, 0.1) is 6.92 Å². The van der Waals surface area contributed by atoms with Crippen LogP contribution in [0.2, 0.25) is 0 Å². The molecule has 6 nitrogen and oxygen atoms in total. The van der Waals surface area contributed by atoms with E-state index in [1.54, 1.807) is 24.3 Å². The average molecular weight is 366 g/mol. The van der Waals surface area contributed by atoms with Crippen molar-refractivity contribution < 1.29 is 9.59 Å². The fourth-order valence-corrected chi connectivity index (χ4v) is 3.40. The number of hydrogen-bond acceptors (Lipinski definition) is 4. The lowest BCUT2D eigenvalue weighted by atomic mass is 10.1. The maximum Gasteiger partial charge on any atom is 0.248 e. The topological polar surface area (TPSA) is 78.7 Å². The number of aryl methyl sites for hydroxylation is 1. The van der Waals surface area contributed by atoms with Crippen LogP contribution in [0.1, 0.15) is 22.8 Å². The van der Waals surface area contributed by atoms with Gasteiger partial charge in [0.05, 0.1) is 6.04 Å². The van der Waals surface area contributed by atoms with E-state index in [2.05, 4.69) is 46.3 Å². The largest absolute Gasteiger partial charge is 0.369 e. The fourth-order valence-electron chi connectivity index (χ4n) is 3.40. The molecule has 3 N–H and O–H groups in total. The van der Waals surface area contributed by atoms with Crippen molar-refractivity contribution in [3.63, 3.8) is 0 Å². The first-order chi connectivity index (χ1) is 13.0. The van der Waals surface area contributed by atoms with Gasteiger partial charge in [-0.15, -0.1) is 0 Å². The summed E-state index contributed by atoms with van der Waals surface area (Å²) in [5.41, 5.74) is 8.86. The molecule has 0 bridgehead atoms. The number of piperazine rings is 1. The zero-order valence-corrected chi connectivity index (χ0v) is 15.8. The predicted molar refractivity (Wildman–Crippen MR) is 108 cm³/mol. The second-order valence-corrected chi connectivity index (χ2v) is 6.92. The maximum absolute atomic E-state index is 12.6. The van der Waals surface area contributed by atoms with Gasteiger partial charge in [0, 0.05) is 43.1 Å². The Balaban J connectivity index is 1.55. The van der Waals surface area contributed by atoms with Crippen LogP contribution in [0.25, 0.3) is 0 Å². The number of primary amides is 1. The van der Waals surface area contributed by atoms with Crippen LogP contribution in [0.3, 0.4) is 0 Å². The van der Waals surface area contributed by atoms with Crippen molar-refractivity contribution in [1.82, 2.24) is 4.90 Å². The van der Waals surface area contributed by atoms with Crippen LogP contribution in [-0.2, 0) is 4.79 Å². The highest BCUT2D eigenvalue weighted by atomic mass is 16.2. The number of para-hydroxylation sites is 1. The highest BCUT2D eigenvalue weighted by Crippen LogP contribution is 2.21. The molecule has 1 heterocycles. The van der Waals surface area contributed by atoms with E-state index in [9.17, 15) is 9.59 Å². The van der Waals surface area contributed by atoms with Crippen LogP contribution in [0.4, 0.5) is 11.4 Å². The lowest BCUT2D eigenvalue weighted by Crippen LogP contribution is -2.53. The standard InChI is InChI=1S/C21H26N4O2/c1-15-5-3-4-6-19(15)25-13-11-24(12-14-25)16(2)21(27)23-18-9-7-17(8-10-18)20(22)26/h3-10,16H,11-14H2,1-2H3,(H2,22,26)(H,23,27)/t16-/m1/s1. The van der Waals surface area contributed by atoms with E-state index in [0.29, 0.717) is 11.3 Å². The summed E-state index contributed by atoms with van der Waals surface area (Å²) in [7, 11) is 0. The molecule has 1 atom stereocenters. The lowest BCUT2D eigenvalue weighted by molar-refractivity contribution is -0.120. The molecule has 0 unspecified atom stereocenters. The van der Waals surface area contributed by atoms with Gasteiger partial charge in [-0.05, 0) is 49.7 Å². The van der Waals surface area contributed by atoms with E-state index in [-0.39, 0.29) is 11.9 Å². The number of hydrogen-bond donors (Lipinski definition) is 2. The Morgan fingerprint density at radius 1 is 1.00 bits per heavy atom. The summed E-state index contributed by atoms with van der Waals surface area (Å²) < 4.78 is 0. The van der Waals surface area contributed by atoms with Crippen molar-refractivity contribution in [2.75, 3.05) is 36.4 Å². The molecule has 0 aromatic heterocycles. The minimum absolute atomic E-state index is 0.0498. The number of carbonyl (C=O) groups excluding carboxylic acids is 2. The van der Waals surface area contributed by atoms with Crippen LogP contribution in [-0.4, -0.2) is 48.9 Å². The van der Waals surface area contributed by atoms with E-state index < -0.39 is 5.91 Å². The number of benzene rings is 2. The first-order valence-electron chi connectivity index (χ1n) is 9.21. The molecule has 0 saturated carbocycles. The van der Waals surface area contributed by atoms with Crippen LogP contribution >= 0.6 is 0 Å². The van der Waals surface area contributed by atoms with E-state index >= 15 is 0 Å². The van der Waals surface area contributed by atoms with Crippen molar-refractivity contribution in [3.8, 4) is 0 Å². The summed E-state index contributed by atoms with van der Waals surface area (Å²) in [6.07, 6.45) is 0. The first-order valence-corrected chi connectivity index (χ1v) is 9.21. The van der Waals surface area contributed by atoms with Crippen molar-refractivity contribution in [3.05, 3.63) is 59.7 Å². The van der Waals surface area contributed by atoms with Gasteiger partial charge < -0.3 is 16.0 Å². The van der Waals surface area contributed by atoms with Gasteiger partial charge in [-0.1, -0.05) is 18.2 Å². The number of rotatable bonds is 5. The zero-order valence-electron chi connectivity index (χ0n) is 15.8. The van der Waals surface area contributed by atoms with E-state index in [1.165, 1.54) is 11.3 Å². The Hall–Kier alpha value is -2.86. The second kappa shape index (κ2) is 8.22. The minimum Gasteiger partial charge on any atom is -0.369 e. The summed E-state index contributed by atoms with van der Waals surface area (Å²) in [6.45, 7) is 7.52. The fraction of sp³-hybridized carbons (Fsp3) is 0.333. The summed E-state index contributed by atoms with van der Waals surface area (Å²) in [6, 6.07) is 14.8. The summed E-state index contributed by atoms with van der Waals surface area (Å²) in [5.74, 6) is -0.529. The molecule has 0 spiro atoms. The molecule has 0 radical (unpaired) electrons. The smallest absolute Gasteiger partial charge is 0.248 e. The average Bonchev–Trinajstić information content (AvgIpc) is 2.68. The van der Waals surface area contributed by atoms with Gasteiger partial charge in [0.2, 0.25) is 11.8 Å². The maximum atomic E-state index is 12.6. The molecular formula is C21H26N4O2. The van der Waals surface area contributed by atoms with Crippen LogP contribution in [0.15, 0.2) is 48.5 Å². The Morgan fingerprint density at radius 3 is 2.22 bits per heavy atom. The monoisotopic (exact) mass is 366 g/mol. The molecule has 1 aliphatic rings. The molecule has 1 saturated heterocycles. The van der Waals surface area contributed by atoms with Gasteiger partial charge in [0.25, 0.3) is 0 Å². The van der Waals surface area contributed by atoms with Gasteiger partial charge in [-0.3, -0.25) is 14.5 Å². The molecule has 27 heavy (non-hydrogen) atoms. The Kier molecular flexibility index (Phi) is 5.76. The molecule has 0 aliphatic carbocycles. The van der Waals surface area contributed by atoms with Gasteiger partial charge in [-0.25, -0.2) is 0 Å². The molecule has 2 aromatic rings. The predicted octanol–water partition coefficient (Wildman–Crippen LogP) is 2.24. The number of anilines is 2. The first kappa shape index (κ1) is 18.9. The number of amides is 2. The Labute approximate surface area is 159 Å². The number of nitrogens with one attached hydrogen (secondary N) is 1. The highest BCUT2D eigenvalue weighted by molar-refractivity contribution is 5.96. The van der Waals surface area contributed by atoms with Crippen molar-refractivity contribution in [2.45, 2.75) is 19.9 Å². The number of nitrogens with zero attached hydrogens (tertiary/aromatic N) is 2. The molecule has 6 heteroatoms. The number of carbonyl (C=O) groups is 2. The highest BCUT2D eigenvalue weighted by Gasteiger charge is 2.26. The third-order valence-electron chi connectivity index (χ3n) is 5.13. The molecule has 142 valence electrons. The molecule has 2 aromatic carbocycles. The third kappa shape index (κ3) is 4.46. The third-order valence-corrected chi connectivity index (χ3v) is 5.13. The Morgan fingerprint density at radius 2 is 1.63 bits per heavy atom. The van der Waals surface area contributed by atoms with Gasteiger partial charge in [0.1, 0.15) is 0 Å². The summed E-state index contributed by atoms with van der Waals surface area (Å²) in [4.78, 5) is 28.3. The van der Waals surface area contributed by atoms with Gasteiger partial charge in [-0.2, -0.15) is 0 Å². The van der Waals surface area contributed by atoms with Crippen molar-refractivity contribution in [2.24, 2.45) is 5.73 Å². The number of nitrogens with two attached hydrogens (primary N) is 1. The second-order valence-electron chi connectivity index (χ2n) is 6.92. The van der Waals surface area contributed by atoms with E-state index in [4.69, 9.17) is 5.73 Å². The minimum atomic E-state index is -0.479. The molecular weight excluding hydrogens is 340 g/mol. The quantitative estimate of drug-likeness (QED) is 0.851. The zero-order chi connectivity index (χ0) is 19.4. The lowest BCUT2D eigenvalue weighted by Gasteiger charge is -2.39. The van der Waals surface area contributed by atoms with E-state index in [0.717, 1.165) is 26.2 Å². The van der Waals surface area contributed by atoms with Gasteiger partial charge >= 0.3 is 0 Å².